The van der Waals surface area contributed by atoms with Crippen molar-refractivity contribution < 1.29 is 9.18 Å². The zero-order valence-electron chi connectivity index (χ0n) is 12.5. The summed E-state index contributed by atoms with van der Waals surface area (Å²) in [6, 6.07) is 12.7. The van der Waals surface area contributed by atoms with E-state index in [9.17, 15) is 14.0 Å². The number of carbonyl (C=O) groups excluding carboxylic acids is 1. The van der Waals surface area contributed by atoms with Crippen LogP contribution in [0.25, 0.3) is 10.9 Å². The molecule has 1 amide bonds. The highest BCUT2D eigenvalue weighted by molar-refractivity contribution is 5.97. The highest BCUT2D eigenvalue weighted by Crippen LogP contribution is 2.10. The average Bonchev–Trinajstić information content (AvgIpc) is 2.61. The molecule has 0 saturated heterocycles. The second-order valence-electron chi connectivity index (χ2n) is 5.18. The summed E-state index contributed by atoms with van der Waals surface area (Å²) < 4.78 is 13.8. The van der Waals surface area contributed by atoms with Gasteiger partial charge in [-0.1, -0.05) is 18.2 Å². The number of para-hydroxylation sites is 1. The van der Waals surface area contributed by atoms with Crippen molar-refractivity contribution in [2.24, 2.45) is 0 Å². The highest BCUT2D eigenvalue weighted by Gasteiger charge is 2.13. The minimum Gasteiger partial charge on any atom is -0.360 e. The smallest absolute Gasteiger partial charge is 0.257 e. The van der Waals surface area contributed by atoms with Crippen LogP contribution in [0.4, 0.5) is 4.39 Å². The van der Waals surface area contributed by atoms with Crippen LogP contribution >= 0.6 is 0 Å². The van der Waals surface area contributed by atoms with E-state index in [0.29, 0.717) is 10.9 Å². The summed E-state index contributed by atoms with van der Waals surface area (Å²) in [5, 5.41) is 11.6. The molecule has 0 aliphatic carbocycles. The average molecular weight is 321 g/mol. The van der Waals surface area contributed by atoms with Crippen LogP contribution in [0.15, 0.2) is 53.5 Å². The van der Waals surface area contributed by atoms with E-state index in [1.807, 2.05) is 6.07 Å². The number of rotatable bonds is 3. The maximum atomic E-state index is 13.8. The van der Waals surface area contributed by atoms with E-state index in [-0.39, 0.29) is 28.7 Å². The van der Waals surface area contributed by atoms with E-state index in [2.05, 4.69) is 10.3 Å². The van der Waals surface area contributed by atoms with Crippen molar-refractivity contribution in [3.8, 4) is 6.07 Å². The lowest BCUT2D eigenvalue weighted by atomic mass is 10.1. The molecular weight excluding hydrogens is 309 g/mol. The second-order valence-corrected chi connectivity index (χ2v) is 5.18. The van der Waals surface area contributed by atoms with Crippen molar-refractivity contribution in [1.29, 1.82) is 5.26 Å². The number of hydrogen-bond donors (Lipinski definition) is 2. The fraction of sp³-hybridized carbons (Fsp3) is 0.0556. The van der Waals surface area contributed by atoms with Crippen LogP contribution in [-0.2, 0) is 6.54 Å². The molecular formula is C18H12FN3O2. The molecule has 24 heavy (non-hydrogen) atoms. The highest BCUT2D eigenvalue weighted by atomic mass is 19.1. The van der Waals surface area contributed by atoms with Crippen molar-refractivity contribution in [3.63, 3.8) is 0 Å². The first-order valence-corrected chi connectivity index (χ1v) is 7.17. The van der Waals surface area contributed by atoms with Gasteiger partial charge in [-0.15, -0.1) is 0 Å². The van der Waals surface area contributed by atoms with Gasteiger partial charge in [-0.25, -0.2) is 4.39 Å². The predicted octanol–water partition coefficient (Wildman–Crippen LogP) is 2.47. The van der Waals surface area contributed by atoms with Crippen LogP contribution in [0.5, 0.6) is 0 Å². The molecule has 118 valence electrons. The molecule has 0 radical (unpaired) electrons. The molecule has 1 aromatic heterocycles. The second kappa shape index (κ2) is 6.34. The number of hydrogen-bond acceptors (Lipinski definition) is 3. The Morgan fingerprint density at radius 1 is 1.25 bits per heavy atom. The predicted molar refractivity (Wildman–Crippen MR) is 86.9 cm³/mol. The topological polar surface area (TPSA) is 85.8 Å². The Labute approximate surface area is 136 Å². The summed E-state index contributed by atoms with van der Waals surface area (Å²) in [6.07, 6.45) is 1.34. The lowest BCUT2D eigenvalue weighted by Crippen LogP contribution is -2.28. The Kier molecular flexibility index (Phi) is 4.08. The first-order chi connectivity index (χ1) is 11.6. The Morgan fingerprint density at radius 2 is 2.04 bits per heavy atom. The summed E-state index contributed by atoms with van der Waals surface area (Å²) in [7, 11) is 0. The summed E-state index contributed by atoms with van der Waals surface area (Å²) >= 11 is 0. The monoisotopic (exact) mass is 321 g/mol. The van der Waals surface area contributed by atoms with Gasteiger partial charge in [-0.05, 0) is 24.3 Å². The summed E-state index contributed by atoms with van der Waals surface area (Å²) in [5.74, 6) is -1.17. The molecule has 0 aliphatic rings. The van der Waals surface area contributed by atoms with Gasteiger partial charge in [0, 0.05) is 29.2 Å². The molecule has 2 aromatic carbocycles. The number of pyridine rings is 1. The largest absolute Gasteiger partial charge is 0.360 e. The maximum Gasteiger partial charge on any atom is 0.257 e. The zero-order valence-corrected chi connectivity index (χ0v) is 12.5. The Balaban J connectivity index is 1.82. The molecule has 3 rings (SSSR count). The van der Waals surface area contributed by atoms with Crippen LogP contribution < -0.4 is 10.7 Å². The van der Waals surface area contributed by atoms with E-state index in [4.69, 9.17) is 5.26 Å². The molecule has 0 aliphatic heterocycles. The molecule has 0 bridgehead atoms. The number of halogens is 1. The van der Waals surface area contributed by atoms with Crippen LogP contribution in [0.3, 0.4) is 0 Å². The van der Waals surface area contributed by atoms with Crippen molar-refractivity contribution in [1.82, 2.24) is 10.3 Å². The van der Waals surface area contributed by atoms with Gasteiger partial charge in [0.15, 0.2) is 0 Å². The van der Waals surface area contributed by atoms with Crippen LogP contribution in [0, 0.1) is 17.1 Å². The van der Waals surface area contributed by atoms with E-state index >= 15 is 0 Å². The third kappa shape index (κ3) is 2.88. The number of nitrogens with one attached hydrogen (secondary N) is 2. The van der Waals surface area contributed by atoms with Gasteiger partial charge in [0.2, 0.25) is 5.43 Å². The third-order valence-electron chi connectivity index (χ3n) is 3.65. The third-order valence-corrected chi connectivity index (χ3v) is 3.65. The van der Waals surface area contributed by atoms with Gasteiger partial charge >= 0.3 is 0 Å². The molecule has 2 N–H and O–H groups in total. The van der Waals surface area contributed by atoms with Crippen molar-refractivity contribution in [3.05, 3.63) is 81.4 Å². The number of H-pyrrole nitrogens is 1. The van der Waals surface area contributed by atoms with Crippen LogP contribution in [0.2, 0.25) is 0 Å². The number of carbonyl (C=O) groups is 1. The number of aromatic nitrogens is 1. The molecule has 0 saturated carbocycles. The van der Waals surface area contributed by atoms with Gasteiger partial charge in [-0.2, -0.15) is 5.26 Å². The van der Waals surface area contributed by atoms with Gasteiger partial charge in [0.25, 0.3) is 5.91 Å². The zero-order chi connectivity index (χ0) is 17.1. The van der Waals surface area contributed by atoms with Crippen LogP contribution in [0.1, 0.15) is 21.5 Å². The van der Waals surface area contributed by atoms with Gasteiger partial charge < -0.3 is 10.3 Å². The molecule has 5 nitrogen and oxygen atoms in total. The Hall–Kier alpha value is -3.46. The number of nitrogens with zero attached hydrogens (tertiary/aromatic N) is 1. The van der Waals surface area contributed by atoms with Crippen molar-refractivity contribution in [2.45, 2.75) is 6.54 Å². The number of amides is 1. The summed E-state index contributed by atoms with van der Waals surface area (Å²) in [5.41, 5.74) is 0.648. The van der Waals surface area contributed by atoms with E-state index < -0.39 is 11.7 Å². The Bertz CT molecular complexity index is 1030. The SMILES string of the molecule is N#Cc1ccc(CNC(=O)c2c[nH]c3ccccc3c2=O)c(F)c1. The fourth-order valence-electron chi connectivity index (χ4n) is 2.37. The number of benzene rings is 2. The van der Waals surface area contributed by atoms with E-state index in [0.717, 1.165) is 6.07 Å². The van der Waals surface area contributed by atoms with Gasteiger partial charge in [0.05, 0.1) is 11.6 Å². The molecule has 1 heterocycles. The van der Waals surface area contributed by atoms with Crippen molar-refractivity contribution in [2.75, 3.05) is 0 Å². The molecule has 0 spiro atoms. The van der Waals surface area contributed by atoms with Gasteiger partial charge in [-0.3, -0.25) is 9.59 Å². The van der Waals surface area contributed by atoms with Crippen molar-refractivity contribution >= 4 is 16.8 Å². The van der Waals surface area contributed by atoms with Gasteiger partial charge in [0.1, 0.15) is 11.4 Å². The molecule has 6 heteroatoms. The van der Waals surface area contributed by atoms with E-state index in [1.54, 1.807) is 24.3 Å². The number of nitriles is 1. The molecule has 0 unspecified atom stereocenters. The van der Waals surface area contributed by atoms with E-state index in [1.165, 1.54) is 18.3 Å². The first kappa shape index (κ1) is 15.4. The van der Waals surface area contributed by atoms with Crippen LogP contribution in [-0.4, -0.2) is 10.9 Å². The lowest BCUT2D eigenvalue weighted by molar-refractivity contribution is 0.0949. The molecule has 0 atom stereocenters. The number of fused-ring (bicyclic) bond motifs is 1. The minimum atomic E-state index is -0.592. The molecule has 3 aromatic rings. The standard InChI is InChI=1S/C18H12FN3O2/c19-15-7-11(8-20)5-6-12(15)9-22-18(24)14-10-21-16-4-2-1-3-13(16)17(14)23/h1-7,10H,9H2,(H,21,23)(H,22,24). The number of aromatic amines is 1. The minimum absolute atomic E-state index is 0.0391. The summed E-state index contributed by atoms with van der Waals surface area (Å²) in [6.45, 7) is -0.0807. The fourth-order valence-corrected chi connectivity index (χ4v) is 2.37. The normalized spacial score (nSPS) is 10.3. The molecule has 0 fully saturated rings. The lowest BCUT2D eigenvalue weighted by Gasteiger charge is -2.07. The first-order valence-electron chi connectivity index (χ1n) is 7.17. The summed E-state index contributed by atoms with van der Waals surface area (Å²) in [4.78, 5) is 27.4. The maximum absolute atomic E-state index is 13.8. The quantitative estimate of drug-likeness (QED) is 0.777. The Morgan fingerprint density at radius 3 is 2.79 bits per heavy atom.